The number of nitrogens with zero attached hydrogens (tertiary/aromatic N) is 2. The van der Waals surface area contributed by atoms with Gasteiger partial charge in [0.1, 0.15) is 12.6 Å². The number of benzene rings is 2. The summed E-state index contributed by atoms with van der Waals surface area (Å²) in [6.45, 7) is 10.0. The summed E-state index contributed by atoms with van der Waals surface area (Å²) in [5, 5.41) is 2.80. The third-order valence-corrected chi connectivity index (χ3v) is 6.84. The van der Waals surface area contributed by atoms with Crippen molar-refractivity contribution in [2.75, 3.05) is 23.7 Å². The normalized spacial score (nSPS) is 12.3. The van der Waals surface area contributed by atoms with Gasteiger partial charge in [-0.05, 0) is 49.4 Å². The first-order valence-electron chi connectivity index (χ1n) is 11.7. The summed E-state index contributed by atoms with van der Waals surface area (Å²) in [6, 6.07) is 14.2. The third kappa shape index (κ3) is 7.32. The molecule has 0 bridgehead atoms. The van der Waals surface area contributed by atoms with Crippen LogP contribution in [-0.2, 0) is 26.2 Å². The molecule has 0 spiro atoms. The van der Waals surface area contributed by atoms with E-state index in [1.807, 2.05) is 57.2 Å². The number of rotatable bonds is 11. The molecule has 2 aromatic rings. The van der Waals surface area contributed by atoms with Crippen LogP contribution in [0, 0.1) is 6.92 Å². The Labute approximate surface area is 204 Å². The number of nitrogens with one attached hydrogen (secondary N) is 1. The molecule has 34 heavy (non-hydrogen) atoms. The molecule has 2 rings (SSSR count). The van der Waals surface area contributed by atoms with Gasteiger partial charge in [0.15, 0.2) is 0 Å². The first-order valence-corrected chi connectivity index (χ1v) is 13.5. The Balaban J connectivity index is 2.42. The number of sulfonamides is 1. The number of hydrogen-bond donors (Lipinski definition) is 1. The minimum absolute atomic E-state index is 0.208. The van der Waals surface area contributed by atoms with Crippen LogP contribution in [0.3, 0.4) is 0 Å². The van der Waals surface area contributed by atoms with E-state index in [0.29, 0.717) is 24.6 Å². The molecule has 0 aliphatic heterocycles. The van der Waals surface area contributed by atoms with Gasteiger partial charge in [-0.15, -0.1) is 0 Å². The number of aryl methyl sites for hydroxylation is 1. The number of likely N-dealkylation sites (N-methyl/N-ethyl adjacent to an activating group) is 1. The predicted octanol–water partition coefficient (Wildman–Crippen LogP) is 3.83. The molecule has 0 aliphatic rings. The first kappa shape index (κ1) is 27.4. The lowest BCUT2D eigenvalue weighted by Gasteiger charge is -2.33. The van der Waals surface area contributed by atoms with Gasteiger partial charge in [0.05, 0.1) is 11.9 Å². The second-order valence-corrected chi connectivity index (χ2v) is 10.8. The van der Waals surface area contributed by atoms with E-state index in [1.54, 1.807) is 12.1 Å². The van der Waals surface area contributed by atoms with Crippen molar-refractivity contribution < 1.29 is 18.0 Å². The van der Waals surface area contributed by atoms with Crippen molar-refractivity contribution in [1.29, 1.82) is 0 Å². The molecule has 0 aliphatic carbocycles. The lowest BCUT2D eigenvalue weighted by atomic mass is 10.0. The van der Waals surface area contributed by atoms with Gasteiger partial charge in [-0.1, -0.05) is 62.7 Å². The second kappa shape index (κ2) is 12.0. The number of anilines is 1. The van der Waals surface area contributed by atoms with Crippen molar-refractivity contribution >= 4 is 27.5 Å². The second-order valence-electron chi connectivity index (χ2n) is 8.85. The highest BCUT2D eigenvalue weighted by molar-refractivity contribution is 7.92. The van der Waals surface area contributed by atoms with Gasteiger partial charge in [-0.3, -0.25) is 13.9 Å². The molecule has 186 valence electrons. The van der Waals surface area contributed by atoms with Gasteiger partial charge >= 0.3 is 0 Å². The van der Waals surface area contributed by atoms with Crippen molar-refractivity contribution in [2.24, 2.45) is 0 Å². The third-order valence-electron chi connectivity index (χ3n) is 5.70. The molecule has 7 nitrogen and oxygen atoms in total. The molecule has 1 N–H and O–H groups in total. The largest absolute Gasteiger partial charge is 0.355 e. The number of carbonyl (C=O) groups is 2. The molecule has 0 saturated carbocycles. The van der Waals surface area contributed by atoms with E-state index in [-0.39, 0.29) is 19.0 Å². The van der Waals surface area contributed by atoms with Crippen molar-refractivity contribution in [2.45, 2.75) is 59.5 Å². The van der Waals surface area contributed by atoms with Crippen LogP contribution in [0.1, 0.15) is 56.7 Å². The lowest BCUT2D eigenvalue weighted by Crippen LogP contribution is -2.52. The van der Waals surface area contributed by atoms with Crippen molar-refractivity contribution in [3.05, 3.63) is 65.2 Å². The molecule has 0 fully saturated rings. The van der Waals surface area contributed by atoms with Crippen LogP contribution in [0.15, 0.2) is 48.5 Å². The molecule has 1 atom stereocenters. The first-order chi connectivity index (χ1) is 16.0. The predicted molar refractivity (Wildman–Crippen MR) is 137 cm³/mol. The van der Waals surface area contributed by atoms with E-state index in [1.165, 1.54) is 4.90 Å². The summed E-state index contributed by atoms with van der Waals surface area (Å²) < 4.78 is 26.4. The smallest absolute Gasteiger partial charge is 0.244 e. The average Bonchev–Trinajstić information content (AvgIpc) is 2.76. The number of carbonyl (C=O) groups excluding carboxylic acids is 2. The van der Waals surface area contributed by atoms with Crippen LogP contribution >= 0.6 is 0 Å². The van der Waals surface area contributed by atoms with Gasteiger partial charge in [0, 0.05) is 13.1 Å². The van der Waals surface area contributed by atoms with Gasteiger partial charge in [0.25, 0.3) is 0 Å². The highest BCUT2D eigenvalue weighted by Crippen LogP contribution is 2.23. The molecular weight excluding hydrogens is 450 g/mol. The van der Waals surface area contributed by atoms with Crippen LogP contribution in [0.2, 0.25) is 0 Å². The van der Waals surface area contributed by atoms with Gasteiger partial charge < -0.3 is 10.2 Å². The Morgan fingerprint density at radius 1 is 1.03 bits per heavy atom. The number of amides is 2. The maximum atomic E-state index is 13.6. The van der Waals surface area contributed by atoms with Crippen molar-refractivity contribution in [3.63, 3.8) is 0 Å². The maximum Gasteiger partial charge on any atom is 0.244 e. The summed E-state index contributed by atoms with van der Waals surface area (Å²) in [6.07, 6.45) is 1.49. The molecule has 2 amide bonds. The summed E-state index contributed by atoms with van der Waals surface area (Å²) >= 11 is 0. The van der Waals surface area contributed by atoms with Gasteiger partial charge in [-0.25, -0.2) is 8.42 Å². The molecule has 0 radical (unpaired) electrons. The summed E-state index contributed by atoms with van der Waals surface area (Å²) in [5.74, 6) is -0.384. The van der Waals surface area contributed by atoms with Crippen LogP contribution < -0.4 is 9.62 Å². The molecule has 0 saturated heterocycles. The average molecular weight is 488 g/mol. The molecule has 0 heterocycles. The standard InChI is InChI=1S/C26H37N3O4S/c1-7-24(26(31)27-8-2)28(17-21-11-9-10-20(5)16-21)25(30)18-29(34(6,32)33)23-14-12-22(13-15-23)19(3)4/h9-16,19,24H,7-8,17-18H2,1-6H3,(H,27,31)/t24-/m1/s1. The molecule has 0 unspecified atom stereocenters. The fraction of sp³-hybridized carbons (Fsp3) is 0.462. The van der Waals surface area contributed by atoms with E-state index in [0.717, 1.165) is 27.3 Å². The van der Waals surface area contributed by atoms with Crippen LogP contribution in [0.25, 0.3) is 0 Å². The van der Waals surface area contributed by atoms with Crippen molar-refractivity contribution in [3.8, 4) is 0 Å². The topological polar surface area (TPSA) is 86.8 Å². The highest BCUT2D eigenvalue weighted by atomic mass is 32.2. The lowest BCUT2D eigenvalue weighted by molar-refractivity contribution is -0.140. The Bertz CT molecular complexity index is 1080. The summed E-state index contributed by atoms with van der Waals surface area (Å²) in [5.41, 5.74) is 3.41. The summed E-state index contributed by atoms with van der Waals surface area (Å²) in [4.78, 5) is 27.9. The van der Waals surface area contributed by atoms with E-state index in [9.17, 15) is 18.0 Å². The maximum absolute atomic E-state index is 13.6. The molecule has 8 heteroatoms. The van der Waals surface area contributed by atoms with E-state index in [2.05, 4.69) is 19.2 Å². The Morgan fingerprint density at radius 2 is 1.68 bits per heavy atom. The van der Waals surface area contributed by atoms with Crippen LogP contribution in [0.4, 0.5) is 5.69 Å². The van der Waals surface area contributed by atoms with E-state index < -0.39 is 22.0 Å². The van der Waals surface area contributed by atoms with Crippen LogP contribution in [-0.4, -0.2) is 50.5 Å². The van der Waals surface area contributed by atoms with Gasteiger partial charge in [0.2, 0.25) is 21.8 Å². The van der Waals surface area contributed by atoms with Crippen molar-refractivity contribution in [1.82, 2.24) is 10.2 Å². The van der Waals surface area contributed by atoms with E-state index >= 15 is 0 Å². The zero-order valence-corrected chi connectivity index (χ0v) is 21.9. The molecular formula is C26H37N3O4S. The Hall–Kier alpha value is -2.87. The Kier molecular flexibility index (Phi) is 9.67. The monoisotopic (exact) mass is 487 g/mol. The van der Waals surface area contributed by atoms with Gasteiger partial charge in [-0.2, -0.15) is 0 Å². The zero-order valence-electron chi connectivity index (χ0n) is 21.0. The SMILES string of the molecule is CCNC(=O)[C@@H](CC)N(Cc1cccc(C)c1)C(=O)CN(c1ccc(C(C)C)cc1)S(C)(=O)=O. The Morgan fingerprint density at radius 3 is 2.18 bits per heavy atom. The summed E-state index contributed by atoms with van der Waals surface area (Å²) in [7, 11) is -3.74. The molecule has 2 aromatic carbocycles. The quantitative estimate of drug-likeness (QED) is 0.522. The number of hydrogen-bond acceptors (Lipinski definition) is 4. The fourth-order valence-corrected chi connectivity index (χ4v) is 4.71. The fourth-order valence-electron chi connectivity index (χ4n) is 3.86. The highest BCUT2D eigenvalue weighted by Gasteiger charge is 2.31. The minimum atomic E-state index is -3.74. The zero-order chi connectivity index (χ0) is 25.5. The van der Waals surface area contributed by atoms with E-state index in [4.69, 9.17) is 0 Å². The minimum Gasteiger partial charge on any atom is -0.355 e. The van der Waals surface area contributed by atoms with Crippen LogP contribution in [0.5, 0.6) is 0 Å². The molecule has 0 aromatic heterocycles.